The standard InChI is InChI=1S/C24H21F5N8O/c25-13-5-15(27)14(26)4-11(13)16-3-10(7-36-9-35-18-22(30)33-8-34-23(18)36)17(6-32-16)37-2-1-12-19(37)24(12,31)20(38)21(28)29/h3-6,8-9,12,19-21,38H,1-2,7,31H2,(H2,30,33,34)/t12?,19?,20-,24-/m1/s1. The van der Waals surface area contributed by atoms with Gasteiger partial charge in [0.15, 0.2) is 23.1 Å². The molecular formula is C24H21F5N8O. The van der Waals surface area contributed by atoms with Crippen molar-refractivity contribution in [1.29, 1.82) is 0 Å². The lowest BCUT2D eigenvalue weighted by atomic mass is 10.0. The molecular weight excluding hydrogens is 511 g/mol. The maximum atomic E-state index is 14.6. The van der Waals surface area contributed by atoms with Crippen LogP contribution in [-0.4, -0.2) is 60.3 Å². The van der Waals surface area contributed by atoms with Gasteiger partial charge in [-0.2, -0.15) is 0 Å². The fourth-order valence-corrected chi connectivity index (χ4v) is 5.62. The van der Waals surface area contributed by atoms with Gasteiger partial charge >= 0.3 is 0 Å². The van der Waals surface area contributed by atoms with Crippen molar-refractivity contribution in [1.82, 2.24) is 24.5 Å². The van der Waals surface area contributed by atoms with E-state index in [9.17, 15) is 27.1 Å². The highest BCUT2D eigenvalue weighted by atomic mass is 19.3. The molecule has 2 fully saturated rings. The van der Waals surface area contributed by atoms with Crippen molar-refractivity contribution in [3.05, 3.63) is 60.1 Å². The lowest BCUT2D eigenvalue weighted by Crippen LogP contribution is -2.51. The Morgan fingerprint density at radius 2 is 1.82 bits per heavy atom. The molecule has 2 unspecified atom stereocenters. The summed E-state index contributed by atoms with van der Waals surface area (Å²) in [6.45, 7) is 0.559. The molecule has 2 aliphatic rings. The number of alkyl halides is 2. The SMILES string of the molecule is Nc1ncnc2c1ncn2Cc1cc(-c2cc(F)c(F)cc2F)ncc1N1CCC2C1[C@@]2(N)[C@H](O)C(F)F. The number of pyridine rings is 1. The van der Waals surface area contributed by atoms with Crippen LogP contribution in [0.4, 0.5) is 33.5 Å². The van der Waals surface area contributed by atoms with Gasteiger partial charge in [0.25, 0.3) is 6.43 Å². The first-order valence-corrected chi connectivity index (χ1v) is 11.7. The van der Waals surface area contributed by atoms with E-state index in [-0.39, 0.29) is 29.5 Å². The molecule has 4 atom stereocenters. The topological polar surface area (TPSA) is 132 Å². The number of hydrogen-bond acceptors (Lipinski definition) is 8. The lowest BCUT2D eigenvalue weighted by Gasteiger charge is -2.30. The predicted molar refractivity (Wildman–Crippen MR) is 127 cm³/mol. The summed E-state index contributed by atoms with van der Waals surface area (Å²) < 4.78 is 70.5. The van der Waals surface area contributed by atoms with Crippen LogP contribution in [0.2, 0.25) is 0 Å². The van der Waals surface area contributed by atoms with Gasteiger partial charge in [0, 0.05) is 24.1 Å². The highest BCUT2D eigenvalue weighted by Crippen LogP contribution is 2.56. The van der Waals surface area contributed by atoms with E-state index in [0.29, 0.717) is 47.5 Å². The molecule has 6 rings (SSSR count). The molecule has 1 aliphatic carbocycles. The van der Waals surface area contributed by atoms with Gasteiger partial charge in [0.05, 0.1) is 42.0 Å². The zero-order valence-corrected chi connectivity index (χ0v) is 19.6. The average molecular weight is 532 g/mol. The van der Waals surface area contributed by atoms with Gasteiger partial charge in [-0.25, -0.2) is 36.9 Å². The fourth-order valence-electron chi connectivity index (χ4n) is 5.62. The van der Waals surface area contributed by atoms with Gasteiger partial charge in [-0.3, -0.25) is 4.98 Å². The summed E-state index contributed by atoms with van der Waals surface area (Å²) in [5.74, 6) is -3.77. The minimum atomic E-state index is -3.01. The molecule has 3 aromatic heterocycles. The number of piperidine rings is 1. The summed E-state index contributed by atoms with van der Waals surface area (Å²) in [5, 5.41) is 10.1. The summed E-state index contributed by atoms with van der Waals surface area (Å²) >= 11 is 0. The molecule has 198 valence electrons. The number of rotatable bonds is 6. The van der Waals surface area contributed by atoms with Crippen molar-refractivity contribution in [3.63, 3.8) is 0 Å². The molecule has 0 radical (unpaired) electrons. The van der Waals surface area contributed by atoms with Crippen molar-refractivity contribution in [2.45, 2.75) is 37.1 Å². The molecule has 1 aromatic carbocycles. The molecule has 38 heavy (non-hydrogen) atoms. The third-order valence-corrected chi connectivity index (χ3v) is 7.53. The molecule has 0 bridgehead atoms. The normalized spacial score (nSPS) is 23.3. The number of aromatic nitrogens is 5. The molecule has 0 amide bonds. The van der Waals surface area contributed by atoms with Crippen molar-refractivity contribution in [2.75, 3.05) is 17.2 Å². The second-order valence-electron chi connectivity index (χ2n) is 9.56. The second-order valence-corrected chi connectivity index (χ2v) is 9.56. The van der Waals surface area contributed by atoms with Crippen LogP contribution in [0.3, 0.4) is 0 Å². The summed E-state index contributed by atoms with van der Waals surface area (Å²) in [6, 6.07) is 2.08. The number of anilines is 2. The van der Waals surface area contributed by atoms with Crippen LogP contribution in [0.15, 0.2) is 37.1 Å². The van der Waals surface area contributed by atoms with Crippen LogP contribution in [-0.2, 0) is 6.54 Å². The molecule has 1 aliphatic heterocycles. The molecule has 0 spiro atoms. The van der Waals surface area contributed by atoms with Crippen LogP contribution in [0.5, 0.6) is 0 Å². The minimum absolute atomic E-state index is 0.0249. The second kappa shape index (κ2) is 8.56. The van der Waals surface area contributed by atoms with Gasteiger partial charge in [0.2, 0.25) is 0 Å². The molecule has 9 nitrogen and oxygen atoms in total. The maximum Gasteiger partial charge on any atom is 0.265 e. The maximum absolute atomic E-state index is 14.6. The molecule has 4 heterocycles. The molecule has 5 N–H and O–H groups in total. The largest absolute Gasteiger partial charge is 0.385 e. The van der Waals surface area contributed by atoms with Crippen molar-refractivity contribution < 1.29 is 27.1 Å². The fraction of sp³-hybridized carbons (Fsp3) is 0.333. The Hall–Kier alpha value is -3.91. The van der Waals surface area contributed by atoms with Gasteiger partial charge in [-0.15, -0.1) is 0 Å². The van der Waals surface area contributed by atoms with Gasteiger partial charge in [0.1, 0.15) is 23.8 Å². The van der Waals surface area contributed by atoms with E-state index in [1.165, 1.54) is 24.9 Å². The van der Waals surface area contributed by atoms with E-state index < -0.39 is 41.6 Å². The number of aliphatic hydroxyl groups excluding tert-OH is 1. The Balaban J connectivity index is 1.45. The van der Waals surface area contributed by atoms with Crippen molar-refractivity contribution in [2.24, 2.45) is 11.7 Å². The van der Waals surface area contributed by atoms with Crippen LogP contribution in [0.1, 0.15) is 12.0 Å². The zero-order chi connectivity index (χ0) is 26.9. The Kier molecular flexibility index (Phi) is 5.50. The summed E-state index contributed by atoms with van der Waals surface area (Å²) in [7, 11) is 0. The molecule has 1 saturated heterocycles. The first-order valence-electron chi connectivity index (χ1n) is 11.7. The molecule has 4 aromatic rings. The quantitative estimate of drug-likeness (QED) is 0.255. The Morgan fingerprint density at radius 3 is 2.58 bits per heavy atom. The average Bonchev–Trinajstić information content (AvgIpc) is 3.21. The number of nitrogens with zero attached hydrogens (tertiary/aromatic N) is 6. The number of benzene rings is 1. The number of fused-ring (bicyclic) bond motifs is 2. The van der Waals surface area contributed by atoms with Crippen molar-refractivity contribution in [3.8, 4) is 11.3 Å². The smallest absolute Gasteiger partial charge is 0.265 e. The van der Waals surface area contributed by atoms with E-state index in [2.05, 4.69) is 19.9 Å². The number of aliphatic hydroxyl groups is 1. The summed E-state index contributed by atoms with van der Waals surface area (Å²) in [6.07, 6.45) is -0.383. The van der Waals surface area contributed by atoms with Gasteiger partial charge in [-0.05, 0) is 24.1 Å². The number of hydrogen-bond donors (Lipinski definition) is 3. The third-order valence-electron chi connectivity index (χ3n) is 7.53. The lowest BCUT2D eigenvalue weighted by molar-refractivity contribution is -0.0303. The minimum Gasteiger partial charge on any atom is -0.385 e. The van der Waals surface area contributed by atoms with E-state index >= 15 is 0 Å². The Morgan fingerprint density at radius 1 is 1.05 bits per heavy atom. The first-order chi connectivity index (χ1) is 18.1. The van der Waals surface area contributed by atoms with Crippen LogP contribution in [0.25, 0.3) is 22.4 Å². The summed E-state index contributed by atoms with van der Waals surface area (Å²) in [4.78, 5) is 18.5. The summed E-state index contributed by atoms with van der Waals surface area (Å²) in [5.41, 5.74) is 12.2. The number of nitrogen functional groups attached to an aromatic ring is 1. The van der Waals surface area contributed by atoms with Gasteiger partial charge in [-0.1, -0.05) is 0 Å². The van der Waals surface area contributed by atoms with E-state index in [1.807, 2.05) is 0 Å². The van der Waals surface area contributed by atoms with E-state index in [4.69, 9.17) is 11.5 Å². The monoisotopic (exact) mass is 532 g/mol. The van der Waals surface area contributed by atoms with Crippen molar-refractivity contribution >= 4 is 22.7 Å². The van der Waals surface area contributed by atoms with Crippen LogP contribution >= 0.6 is 0 Å². The molecule has 1 saturated carbocycles. The number of imidazole rings is 1. The highest BCUT2D eigenvalue weighted by Gasteiger charge is 2.72. The van der Waals surface area contributed by atoms with Crippen LogP contribution < -0.4 is 16.4 Å². The zero-order valence-electron chi connectivity index (χ0n) is 19.6. The Labute approximate surface area is 211 Å². The van der Waals surface area contributed by atoms with Gasteiger partial charge < -0.3 is 26.0 Å². The predicted octanol–water partition coefficient (Wildman–Crippen LogP) is 2.47. The number of halogens is 5. The Bertz CT molecular complexity index is 1560. The van der Waals surface area contributed by atoms with E-state index in [0.717, 1.165) is 0 Å². The van der Waals surface area contributed by atoms with Crippen LogP contribution in [0, 0.1) is 23.4 Å². The third kappa shape index (κ3) is 3.58. The molecule has 14 heteroatoms. The first kappa shape index (κ1) is 24.4. The van der Waals surface area contributed by atoms with E-state index in [1.54, 1.807) is 9.47 Å². The highest BCUT2D eigenvalue weighted by molar-refractivity contribution is 5.81. The number of nitrogens with two attached hydrogens (primary N) is 2.